The van der Waals surface area contributed by atoms with E-state index in [2.05, 4.69) is 19.6 Å². The van der Waals surface area contributed by atoms with Crippen LogP contribution in [-0.2, 0) is 4.34 Å². The Morgan fingerprint density at radius 1 is 0.929 bits per heavy atom. The molecule has 0 amide bonds. The molecule has 2 aliphatic heterocycles. The van der Waals surface area contributed by atoms with Gasteiger partial charge < -0.3 is 4.34 Å². The first-order valence-corrected chi connectivity index (χ1v) is 9.65. The lowest BCUT2D eigenvalue weighted by Gasteiger charge is -2.42. The summed E-state index contributed by atoms with van der Waals surface area (Å²) in [5.41, 5.74) is 0. The quantitative estimate of drug-likeness (QED) is 0.627. The Morgan fingerprint density at radius 3 is 1.71 bits per heavy atom. The van der Waals surface area contributed by atoms with E-state index >= 15 is 0 Å². The molecule has 2 fully saturated rings. The molecule has 1 nitrogen and oxygen atoms in total. The zero-order valence-corrected chi connectivity index (χ0v) is 10.9. The first-order chi connectivity index (χ1) is 6.56. The van der Waals surface area contributed by atoms with Crippen LogP contribution in [0.1, 0.15) is 38.5 Å². The zero-order chi connectivity index (χ0) is 10.2. The van der Waals surface area contributed by atoms with Crippen molar-refractivity contribution < 1.29 is 4.34 Å². The van der Waals surface area contributed by atoms with Gasteiger partial charge in [-0.2, -0.15) is 0 Å². The third-order valence-corrected chi connectivity index (χ3v) is 4.70. The molecule has 0 aliphatic carbocycles. The second kappa shape index (κ2) is 4.01. The van der Waals surface area contributed by atoms with Crippen LogP contribution in [0.3, 0.4) is 0 Å². The molecule has 0 aromatic carbocycles. The second-order valence-corrected chi connectivity index (χ2v) is 10.5. The number of fused-ring (bicyclic) bond motifs is 2. The molecule has 14 heavy (non-hydrogen) atoms. The summed E-state index contributed by atoms with van der Waals surface area (Å²) < 4.78 is 6.38. The smallest absolute Gasteiger partial charge is 0.287 e. The molecule has 0 aromatic rings. The van der Waals surface area contributed by atoms with E-state index in [1.807, 2.05) is 0 Å². The highest BCUT2D eigenvalue weighted by atomic mass is 28.4. The normalized spacial score (nSPS) is 33.2. The highest BCUT2D eigenvalue weighted by Gasteiger charge is 2.42. The van der Waals surface area contributed by atoms with E-state index in [0.29, 0.717) is 6.92 Å². The Labute approximate surface area is 89.9 Å². The van der Waals surface area contributed by atoms with Crippen molar-refractivity contribution in [1.29, 1.82) is 0 Å². The van der Waals surface area contributed by atoms with Crippen molar-refractivity contribution in [1.82, 2.24) is 0 Å². The molecule has 2 heterocycles. The van der Waals surface area contributed by atoms with E-state index in [-0.39, 0.29) is 0 Å². The molecule has 0 radical (unpaired) electrons. The summed E-state index contributed by atoms with van der Waals surface area (Å²) in [7, 11) is -1.31. The molecular formula is C11H23BOSi. The van der Waals surface area contributed by atoms with Crippen LogP contribution >= 0.6 is 0 Å². The molecule has 0 N–H and O–H groups in total. The maximum atomic E-state index is 6.38. The van der Waals surface area contributed by atoms with Gasteiger partial charge in [0.05, 0.1) is 0 Å². The molecule has 2 saturated heterocycles. The van der Waals surface area contributed by atoms with E-state index in [1.165, 1.54) is 38.5 Å². The van der Waals surface area contributed by atoms with Crippen LogP contribution in [0.4, 0.5) is 0 Å². The van der Waals surface area contributed by atoms with Crippen molar-refractivity contribution in [2.24, 2.45) is 0 Å². The van der Waals surface area contributed by atoms with E-state index in [0.717, 1.165) is 11.6 Å². The van der Waals surface area contributed by atoms with Crippen LogP contribution in [0.2, 0.25) is 31.3 Å². The second-order valence-electron chi connectivity index (χ2n) is 6.08. The molecule has 2 rings (SSSR count). The summed E-state index contributed by atoms with van der Waals surface area (Å²) in [6, 6.07) is 0. The maximum absolute atomic E-state index is 6.38. The van der Waals surface area contributed by atoms with Gasteiger partial charge in [0.15, 0.2) is 8.32 Å². The van der Waals surface area contributed by atoms with Crippen molar-refractivity contribution in [2.75, 3.05) is 0 Å². The van der Waals surface area contributed by atoms with Crippen molar-refractivity contribution in [3.63, 3.8) is 0 Å². The summed E-state index contributed by atoms with van der Waals surface area (Å²) in [5, 5.41) is 0. The first kappa shape index (κ1) is 10.7. The Bertz CT molecular complexity index is 180. The van der Waals surface area contributed by atoms with Gasteiger partial charge in [0.2, 0.25) is 0 Å². The van der Waals surface area contributed by atoms with Gasteiger partial charge in [-0.15, -0.1) is 0 Å². The minimum atomic E-state index is -1.31. The maximum Gasteiger partial charge on any atom is 0.287 e. The Kier molecular flexibility index (Phi) is 3.08. The van der Waals surface area contributed by atoms with Crippen molar-refractivity contribution in [3.8, 4) is 0 Å². The van der Waals surface area contributed by atoms with E-state index in [1.54, 1.807) is 0 Å². The fourth-order valence-electron chi connectivity index (χ4n) is 3.22. The van der Waals surface area contributed by atoms with E-state index < -0.39 is 8.32 Å². The standard InChI is InChI=1S/C11H23BOSi/c1-14(2,3)13-12-10-6-4-7-11(12)9-5-8-10/h10-11H,4-9H2,1-3H3. The summed E-state index contributed by atoms with van der Waals surface area (Å²) in [4.78, 5) is 0. The summed E-state index contributed by atoms with van der Waals surface area (Å²) >= 11 is 0. The average Bonchev–Trinajstić information content (AvgIpc) is 1.99. The highest BCUT2D eigenvalue weighted by Crippen LogP contribution is 2.47. The third kappa shape index (κ3) is 2.43. The minimum Gasteiger partial charge on any atom is -0.476 e. The predicted octanol–water partition coefficient (Wildman–Crippen LogP) is 3.94. The van der Waals surface area contributed by atoms with Crippen LogP contribution in [-0.4, -0.2) is 15.2 Å². The molecule has 3 heteroatoms. The van der Waals surface area contributed by atoms with E-state index in [9.17, 15) is 0 Å². The Hall–Kier alpha value is 0.242. The number of hydrogen-bond donors (Lipinski definition) is 0. The highest BCUT2D eigenvalue weighted by molar-refractivity contribution is 6.78. The van der Waals surface area contributed by atoms with Gasteiger partial charge in [-0.3, -0.25) is 0 Å². The van der Waals surface area contributed by atoms with Gasteiger partial charge in [0, 0.05) is 0 Å². The summed E-state index contributed by atoms with van der Waals surface area (Å²) in [6.45, 7) is 7.63. The predicted molar refractivity (Wildman–Crippen MR) is 65.4 cm³/mol. The molecule has 0 saturated carbocycles. The topological polar surface area (TPSA) is 9.23 Å². The van der Waals surface area contributed by atoms with Gasteiger partial charge >= 0.3 is 0 Å². The van der Waals surface area contributed by atoms with Crippen molar-refractivity contribution in [2.45, 2.75) is 69.8 Å². The first-order valence-electron chi connectivity index (χ1n) is 6.24. The fourth-order valence-corrected chi connectivity index (χ4v) is 4.42. The number of rotatable bonds is 2. The Balaban J connectivity index is 2.01. The van der Waals surface area contributed by atoms with Gasteiger partial charge in [0.1, 0.15) is 0 Å². The molecule has 0 unspecified atom stereocenters. The SMILES string of the molecule is C[Si](C)(C)OB1C2CCCC1CCC2. The molecular weight excluding hydrogens is 187 g/mol. The third-order valence-electron chi connectivity index (χ3n) is 3.72. The lowest BCUT2D eigenvalue weighted by molar-refractivity contribution is 0.380. The summed E-state index contributed by atoms with van der Waals surface area (Å²) in [5.74, 6) is 1.82. The fraction of sp³-hybridized carbons (Fsp3) is 1.00. The van der Waals surface area contributed by atoms with Gasteiger partial charge in [-0.05, 0) is 31.3 Å². The van der Waals surface area contributed by atoms with E-state index in [4.69, 9.17) is 4.34 Å². The van der Waals surface area contributed by atoms with Crippen LogP contribution < -0.4 is 0 Å². The van der Waals surface area contributed by atoms with Crippen molar-refractivity contribution >= 4 is 15.2 Å². The molecule has 0 atom stereocenters. The van der Waals surface area contributed by atoms with Gasteiger partial charge in [-0.1, -0.05) is 38.5 Å². The average molecular weight is 210 g/mol. The van der Waals surface area contributed by atoms with Gasteiger partial charge in [0.25, 0.3) is 6.92 Å². The molecule has 80 valence electrons. The van der Waals surface area contributed by atoms with Crippen LogP contribution in [0, 0.1) is 0 Å². The zero-order valence-electron chi connectivity index (χ0n) is 9.88. The lowest BCUT2D eigenvalue weighted by Crippen LogP contribution is -2.44. The minimum absolute atomic E-state index is 0.643. The monoisotopic (exact) mass is 210 g/mol. The van der Waals surface area contributed by atoms with Crippen molar-refractivity contribution in [3.05, 3.63) is 0 Å². The van der Waals surface area contributed by atoms with Crippen LogP contribution in [0.25, 0.3) is 0 Å². The molecule has 2 aliphatic rings. The van der Waals surface area contributed by atoms with Gasteiger partial charge in [-0.25, -0.2) is 0 Å². The molecule has 0 spiro atoms. The molecule has 0 aromatic heterocycles. The molecule has 2 bridgehead atoms. The van der Waals surface area contributed by atoms with Crippen LogP contribution in [0.5, 0.6) is 0 Å². The Morgan fingerprint density at radius 2 is 1.36 bits per heavy atom. The lowest BCUT2D eigenvalue weighted by atomic mass is 9.38. The number of hydrogen-bond acceptors (Lipinski definition) is 1. The van der Waals surface area contributed by atoms with Crippen LogP contribution in [0.15, 0.2) is 0 Å². The largest absolute Gasteiger partial charge is 0.476 e. The summed E-state index contributed by atoms with van der Waals surface area (Å²) in [6.07, 6.45) is 8.66.